The molecule has 20 heavy (non-hydrogen) atoms. The highest BCUT2D eigenvalue weighted by Gasteiger charge is 2.19. The first-order valence-electron chi connectivity index (χ1n) is 7.18. The van der Waals surface area contributed by atoms with E-state index in [1.54, 1.807) is 0 Å². The minimum atomic E-state index is 0.633. The van der Waals surface area contributed by atoms with Crippen molar-refractivity contribution in [3.63, 3.8) is 0 Å². The largest absolute Gasteiger partial charge is 0.491 e. The molecule has 0 fully saturated rings. The normalized spacial score (nSPS) is 14.1. The number of pyridine rings is 1. The fourth-order valence-corrected chi connectivity index (χ4v) is 2.67. The van der Waals surface area contributed by atoms with E-state index in [1.165, 1.54) is 5.56 Å². The van der Waals surface area contributed by atoms with Crippen molar-refractivity contribution in [2.24, 2.45) is 0 Å². The van der Waals surface area contributed by atoms with Crippen LogP contribution in [0.15, 0.2) is 18.2 Å². The number of hydrogen-bond donors (Lipinski definition) is 1. The number of aromatic nitrogens is 1. The van der Waals surface area contributed by atoms with E-state index < -0.39 is 0 Å². The summed E-state index contributed by atoms with van der Waals surface area (Å²) in [5.74, 6) is 0.871. The molecule has 0 saturated heterocycles. The lowest BCUT2D eigenvalue weighted by molar-refractivity contribution is 0.110. The van der Waals surface area contributed by atoms with Crippen LogP contribution in [0.2, 0.25) is 0 Å². The minimum Gasteiger partial charge on any atom is -0.491 e. The predicted octanol–water partition coefficient (Wildman–Crippen LogP) is 3.14. The fourth-order valence-electron chi connectivity index (χ4n) is 2.67. The monoisotopic (exact) mass is 272 g/mol. The Hall–Kier alpha value is -1.81. The van der Waals surface area contributed by atoms with Gasteiger partial charge >= 0.3 is 0 Å². The van der Waals surface area contributed by atoms with E-state index in [0.717, 1.165) is 54.1 Å². The summed E-state index contributed by atoms with van der Waals surface area (Å²) in [5, 5.41) is 4.41. The van der Waals surface area contributed by atoms with Gasteiger partial charge in [0.15, 0.2) is 0 Å². The second-order valence-corrected chi connectivity index (χ2v) is 4.97. The van der Waals surface area contributed by atoms with Crippen molar-refractivity contribution in [2.75, 3.05) is 25.6 Å². The molecule has 0 saturated carbocycles. The number of benzene rings is 1. The topological polar surface area (TPSA) is 43.4 Å². The molecule has 1 aliphatic rings. The lowest BCUT2D eigenvalue weighted by Crippen LogP contribution is -2.14. The molecular formula is C16H20N2O2. The van der Waals surface area contributed by atoms with Gasteiger partial charge < -0.3 is 14.8 Å². The van der Waals surface area contributed by atoms with Crippen LogP contribution in [0.25, 0.3) is 10.9 Å². The van der Waals surface area contributed by atoms with Crippen LogP contribution in [0.4, 0.5) is 5.69 Å². The summed E-state index contributed by atoms with van der Waals surface area (Å²) in [4.78, 5) is 4.83. The molecule has 2 aromatic rings. The van der Waals surface area contributed by atoms with Gasteiger partial charge in [0.2, 0.25) is 0 Å². The summed E-state index contributed by atoms with van der Waals surface area (Å²) in [6, 6.07) is 6.10. The maximum absolute atomic E-state index is 5.84. The molecule has 1 aromatic carbocycles. The van der Waals surface area contributed by atoms with Gasteiger partial charge in [0, 0.05) is 24.4 Å². The zero-order valence-corrected chi connectivity index (χ0v) is 12.0. The minimum absolute atomic E-state index is 0.633. The smallest absolute Gasteiger partial charge is 0.145 e. The molecule has 3 rings (SSSR count). The Balaban J connectivity index is 2.20. The van der Waals surface area contributed by atoms with E-state index in [4.69, 9.17) is 14.5 Å². The van der Waals surface area contributed by atoms with Gasteiger partial charge in [0.05, 0.1) is 31.2 Å². The Labute approximate surface area is 119 Å². The molecule has 4 heteroatoms. The van der Waals surface area contributed by atoms with E-state index in [1.807, 2.05) is 19.2 Å². The molecule has 0 unspecified atom stereocenters. The van der Waals surface area contributed by atoms with Crippen molar-refractivity contribution in [3.8, 4) is 5.75 Å². The second kappa shape index (κ2) is 5.67. The van der Waals surface area contributed by atoms with E-state index in [9.17, 15) is 0 Å². The number of hydrogen-bond acceptors (Lipinski definition) is 4. The number of para-hydroxylation sites is 1. The van der Waals surface area contributed by atoms with Crippen molar-refractivity contribution < 1.29 is 9.47 Å². The van der Waals surface area contributed by atoms with Gasteiger partial charge in [-0.25, -0.2) is 4.98 Å². The highest BCUT2D eigenvalue weighted by atomic mass is 16.5. The summed E-state index contributed by atoms with van der Waals surface area (Å²) in [6.45, 7) is 4.20. The first-order valence-corrected chi connectivity index (χ1v) is 7.18. The summed E-state index contributed by atoms with van der Waals surface area (Å²) < 4.78 is 11.4. The number of fused-ring (bicyclic) bond motifs is 2. The zero-order valence-electron chi connectivity index (χ0n) is 12.0. The third-order valence-electron chi connectivity index (χ3n) is 3.61. The number of rotatable bonds is 4. The predicted molar refractivity (Wildman–Crippen MR) is 80.4 cm³/mol. The Morgan fingerprint density at radius 2 is 2.30 bits per heavy atom. The average Bonchev–Trinajstić information content (AvgIpc) is 2.50. The number of ether oxygens (including phenoxy) is 2. The van der Waals surface area contributed by atoms with E-state index >= 15 is 0 Å². The first kappa shape index (κ1) is 13.2. The summed E-state index contributed by atoms with van der Waals surface area (Å²) >= 11 is 0. The van der Waals surface area contributed by atoms with E-state index in [0.29, 0.717) is 6.61 Å². The quantitative estimate of drug-likeness (QED) is 0.928. The zero-order chi connectivity index (χ0) is 13.9. The molecule has 0 aliphatic carbocycles. The Morgan fingerprint density at radius 3 is 3.10 bits per heavy atom. The molecule has 2 heterocycles. The van der Waals surface area contributed by atoms with Crippen LogP contribution in [-0.2, 0) is 17.8 Å². The molecule has 0 amide bonds. The number of nitrogens with one attached hydrogen (secondary N) is 1. The summed E-state index contributed by atoms with van der Waals surface area (Å²) in [5.41, 5.74) is 4.37. The van der Waals surface area contributed by atoms with Gasteiger partial charge in [-0.1, -0.05) is 19.1 Å². The molecule has 1 aliphatic heterocycles. The molecule has 0 bridgehead atoms. The molecule has 0 atom stereocenters. The second-order valence-electron chi connectivity index (χ2n) is 4.97. The molecule has 0 spiro atoms. The van der Waals surface area contributed by atoms with Gasteiger partial charge in [-0.3, -0.25) is 0 Å². The third kappa shape index (κ3) is 2.20. The number of nitrogens with zero attached hydrogens (tertiary/aromatic N) is 1. The lowest BCUT2D eigenvalue weighted by Gasteiger charge is -2.21. The highest BCUT2D eigenvalue weighted by Crippen LogP contribution is 2.35. The van der Waals surface area contributed by atoms with Crippen LogP contribution in [0, 0.1) is 0 Å². The van der Waals surface area contributed by atoms with E-state index in [2.05, 4.69) is 18.3 Å². The van der Waals surface area contributed by atoms with E-state index in [-0.39, 0.29) is 0 Å². The van der Waals surface area contributed by atoms with Crippen molar-refractivity contribution >= 4 is 16.6 Å². The van der Waals surface area contributed by atoms with Gasteiger partial charge in [-0.2, -0.15) is 0 Å². The Morgan fingerprint density at radius 1 is 1.40 bits per heavy atom. The first-order chi connectivity index (χ1) is 9.85. The van der Waals surface area contributed by atoms with Crippen LogP contribution >= 0.6 is 0 Å². The maximum atomic E-state index is 5.84. The van der Waals surface area contributed by atoms with Crippen molar-refractivity contribution in [1.29, 1.82) is 0 Å². The molecule has 1 aromatic heterocycles. The molecule has 1 N–H and O–H groups in total. The molecule has 0 radical (unpaired) electrons. The van der Waals surface area contributed by atoms with Crippen molar-refractivity contribution in [3.05, 3.63) is 29.5 Å². The summed E-state index contributed by atoms with van der Waals surface area (Å²) in [6.07, 6.45) is 1.86. The van der Waals surface area contributed by atoms with Crippen LogP contribution in [0.1, 0.15) is 24.6 Å². The maximum Gasteiger partial charge on any atom is 0.145 e. The molecule has 4 nitrogen and oxygen atoms in total. The van der Waals surface area contributed by atoms with Crippen LogP contribution in [-0.4, -0.2) is 25.2 Å². The fraction of sp³-hybridized carbons (Fsp3) is 0.438. The molecular weight excluding hydrogens is 252 g/mol. The van der Waals surface area contributed by atoms with Gasteiger partial charge in [-0.05, 0) is 12.5 Å². The Bertz CT molecular complexity index is 625. The van der Waals surface area contributed by atoms with Crippen LogP contribution in [0.3, 0.4) is 0 Å². The van der Waals surface area contributed by atoms with Gasteiger partial charge in [0.1, 0.15) is 11.3 Å². The lowest BCUT2D eigenvalue weighted by atomic mass is 10.0. The SMILES string of the molecule is CCCOc1cccc2c(NC)c3c(nc12)CCOC3. The Kier molecular flexibility index (Phi) is 3.74. The van der Waals surface area contributed by atoms with Crippen LogP contribution in [0.5, 0.6) is 5.75 Å². The standard InChI is InChI=1S/C16H20N2O2/c1-3-8-20-14-6-4-5-11-15(17-2)12-10-19-9-7-13(12)18-16(11)14/h4-6H,3,7-10H2,1-2H3,(H,17,18). The van der Waals surface area contributed by atoms with Crippen molar-refractivity contribution in [2.45, 2.75) is 26.4 Å². The average molecular weight is 272 g/mol. The summed E-state index contributed by atoms with van der Waals surface area (Å²) in [7, 11) is 1.95. The third-order valence-corrected chi connectivity index (χ3v) is 3.61. The number of anilines is 1. The van der Waals surface area contributed by atoms with Gasteiger partial charge in [0.25, 0.3) is 0 Å². The van der Waals surface area contributed by atoms with Crippen LogP contribution < -0.4 is 10.1 Å². The highest BCUT2D eigenvalue weighted by molar-refractivity contribution is 5.96. The van der Waals surface area contributed by atoms with Crippen molar-refractivity contribution in [1.82, 2.24) is 4.98 Å². The van der Waals surface area contributed by atoms with Gasteiger partial charge in [-0.15, -0.1) is 0 Å². The molecule has 106 valence electrons.